The molecule has 3 N–H and O–H groups in total. The molecule has 1 aromatic carbocycles. The molecule has 2 heterocycles. The van der Waals surface area contributed by atoms with Crippen LogP contribution in [0.3, 0.4) is 0 Å². The maximum atomic E-state index is 12.0. The number of hydrogen-bond acceptors (Lipinski definition) is 5. The zero-order chi connectivity index (χ0) is 16.8. The first-order chi connectivity index (χ1) is 11.7. The monoisotopic (exact) mass is 365 g/mol. The molecule has 134 valence electrons. The summed E-state index contributed by atoms with van der Waals surface area (Å²) in [5.74, 6) is -0.153. The highest BCUT2D eigenvalue weighted by atomic mass is 35.5. The average Bonchev–Trinajstić information content (AvgIpc) is 3.12. The molecule has 1 aromatic heterocycles. The van der Waals surface area contributed by atoms with E-state index in [1.807, 2.05) is 0 Å². The molecule has 1 fully saturated rings. The van der Waals surface area contributed by atoms with Gasteiger partial charge in [0.05, 0.1) is 19.5 Å². The lowest BCUT2D eigenvalue weighted by Crippen LogP contribution is -2.43. The minimum Gasteiger partial charge on any atom is -0.459 e. The van der Waals surface area contributed by atoms with E-state index < -0.39 is 0 Å². The first-order valence-electron chi connectivity index (χ1n) is 7.76. The van der Waals surface area contributed by atoms with Crippen molar-refractivity contribution in [2.45, 2.75) is 12.5 Å². The van der Waals surface area contributed by atoms with Gasteiger partial charge >= 0.3 is 0 Å². The van der Waals surface area contributed by atoms with Crippen LogP contribution in [-0.4, -0.2) is 37.6 Å². The molecule has 1 saturated heterocycles. The van der Waals surface area contributed by atoms with E-state index in [9.17, 15) is 9.59 Å². The molecule has 1 atom stereocenters. The molecule has 2 amide bonds. The van der Waals surface area contributed by atoms with E-state index in [2.05, 4.69) is 16.0 Å². The summed E-state index contributed by atoms with van der Waals surface area (Å²) in [4.78, 5) is 23.9. The summed E-state index contributed by atoms with van der Waals surface area (Å²) in [5.41, 5.74) is 1.30. The molecular weight excluding hydrogens is 346 g/mol. The maximum Gasteiger partial charge on any atom is 0.291 e. The van der Waals surface area contributed by atoms with Crippen LogP contribution in [0.4, 0.5) is 11.4 Å². The van der Waals surface area contributed by atoms with Gasteiger partial charge in [0.25, 0.3) is 5.91 Å². The molecule has 0 bridgehead atoms. The fraction of sp³-hybridized carbons (Fsp3) is 0.294. The number of nitrogens with one attached hydrogen (secondary N) is 3. The summed E-state index contributed by atoms with van der Waals surface area (Å²) >= 11 is 0. The van der Waals surface area contributed by atoms with Crippen LogP contribution in [0.15, 0.2) is 47.1 Å². The molecule has 1 aliphatic rings. The number of carbonyl (C=O) groups is 2. The molecule has 25 heavy (non-hydrogen) atoms. The van der Waals surface area contributed by atoms with Crippen LogP contribution in [0.1, 0.15) is 17.0 Å². The third kappa shape index (κ3) is 5.60. The van der Waals surface area contributed by atoms with Gasteiger partial charge in [0.2, 0.25) is 5.91 Å². The summed E-state index contributed by atoms with van der Waals surface area (Å²) in [6.07, 6.45) is 1.80. The molecule has 0 aliphatic carbocycles. The van der Waals surface area contributed by atoms with E-state index in [4.69, 9.17) is 9.15 Å². The van der Waals surface area contributed by atoms with E-state index in [0.717, 1.165) is 6.54 Å². The zero-order valence-electron chi connectivity index (χ0n) is 13.5. The number of rotatable bonds is 5. The molecule has 3 rings (SSSR count). The van der Waals surface area contributed by atoms with Crippen molar-refractivity contribution >= 4 is 35.6 Å². The van der Waals surface area contributed by atoms with E-state index in [-0.39, 0.29) is 36.0 Å². The summed E-state index contributed by atoms with van der Waals surface area (Å²) in [7, 11) is 0. The number of furan rings is 1. The molecule has 0 spiro atoms. The number of hydrogen-bond donors (Lipinski definition) is 3. The Labute approximate surface area is 151 Å². The zero-order valence-corrected chi connectivity index (χ0v) is 14.3. The van der Waals surface area contributed by atoms with Crippen LogP contribution in [0.5, 0.6) is 0 Å². The SMILES string of the molecule is Cl.O=C(CC1COCCN1)Nc1ccc(NC(=O)c2ccco2)cc1. The van der Waals surface area contributed by atoms with Crippen molar-refractivity contribution in [3.05, 3.63) is 48.4 Å². The van der Waals surface area contributed by atoms with Crippen LogP contribution in [0, 0.1) is 0 Å². The van der Waals surface area contributed by atoms with Gasteiger partial charge in [-0.1, -0.05) is 0 Å². The van der Waals surface area contributed by atoms with E-state index in [0.29, 0.717) is 31.0 Å². The second-order valence-electron chi connectivity index (χ2n) is 5.49. The minimum absolute atomic E-state index is 0. The molecule has 0 saturated carbocycles. The van der Waals surface area contributed by atoms with E-state index >= 15 is 0 Å². The Morgan fingerprint density at radius 2 is 1.84 bits per heavy atom. The predicted octanol–water partition coefficient (Wildman–Crippen LogP) is 2.27. The molecular formula is C17H20ClN3O4. The Balaban J connectivity index is 0.00000225. The maximum absolute atomic E-state index is 12.0. The molecule has 7 nitrogen and oxygen atoms in total. The van der Waals surface area contributed by atoms with Crippen molar-refractivity contribution in [3.8, 4) is 0 Å². The highest BCUT2D eigenvalue weighted by molar-refractivity contribution is 6.02. The van der Waals surface area contributed by atoms with Gasteiger partial charge in [-0.3, -0.25) is 9.59 Å². The van der Waals surface area contributed by atoms with Crippen molar-refractivity contribution in [2.75, 3.05) is 30.4 Å². The summed E-state index contributed by atoms with van der Waals surface area (Å²) < 4.78 is 10.4. The average molecular weight is 366 g/mol. The number of carbonyl (C=O) groups excluding carboxylic acids is 2. The summed E-state index contributed by atoms with van der Waals surface area (Å²) in [6, 6.07) is 10.2. The van der Waals surface area contributed by atoms with Gasteiger partial charge in [-0.05, 0) is 36.4 Å². The fourth-order valence-electron chi connectivity index (χ4n) is 2.42. The van der Waals surface area contributed by atoms with Crippen LogP contribution >= 0.6 is 12.4 Å². The van der Waals surface area contributed by atoms with Crippen molar-refractivity contribution in [1.82, 2.24) is 5.32 Å². The van der Waals surface area contributed by atoms with Crippen LogP contribution in [0.2, 0.25) is 0 Å². The fourth-order valence-corrected chi connectivity index (χ4v) is 2.42. The second kappa shape index (κ2) is 9.22. The van der Waals surface area contributed by atoms with Crippen molar-refractivity contribution < 1.29 is 18.7 Å². The first-order valence-corrected chi connectivity index (χ1v) is 7.76. The number of halogens is 1. The third-order valence-electron chi connectivity index (χ3n) is 3.60. The van der Waals surface area contributed by atoms with E-state index in [1.165, 1.54) is 6.26 Å². The summed E-state index contributed by atoms with van der Waals surface area (Å²) in [6.45, 7) is 2.00. The number of anilines is 2. The minimum atomic E-state index is -0.319. The Morgan fingerprint density at radius 3 is 2.44 bits per heavy atom. The third-order valence-corrected chi connectivity index (χ3v) is 3.60. The van der Waals surface area contributed by atoms with Gasteiger partial charge in [-0.25, -0.2) is 0 Å². The number of ether oxygens (including phenoxy) is 1. The Morgan fingerprint density at radius 1 is 1.12 bits per heavy atom. The van der Waals surface area contributed by atoms with Crippen molar-refractivity contribution in [3.63, 3.8) is 0 Å². The lowest BCUT2D eigenvalue weighted by Gasteiger charge is -2.23. The van der Waals surface area contributed by atoms with Gasteiger partial charge < -0.3 is 25.1 Å². The van der Waals surface area contributed by atoms with Gasteiger partial charge in [0.15, 0.2) is 5.76 Å². The summed E-state index contributed by atoms with van der Waals surface area (Å²) in [5, 5.41) is 8.79. The van der Waals surface area contributed by atoms with Gasteiger partial charge in [0.1, 0.15) is 0 Å². The lowest BCUT2D eigenvalue weighted by molar-refractivity contribution is -0.117. The first kappa shape index (κ1) is 19.0. The van der Waals surface area contributed by atoms with Crippen molar-refractivity contribution in [1.29, 1.82) is 0 Å². The van der Waals surface area contributed by atoms with Crippen LogP contribution < -0.4 is 16.0 Å². The van der Waals surface area contributed by atoms with Gasteiger partial charge in [-0.15, -0.1) is 12.4 Å². The lowest BCUT2D eigenvalue weighted by atomic mass is 10.2. The molecule has 1 aliphatic heterocycles. The number of morpholine rings is 1. The van der Waals surface area contributed by atoms with Gasteiger partial charge in [0, 0.05) is 30.4 Å². The smallest absolute Gasteiger partial charge is 0.291 e. The largest absolute Gasteiger partial charge is 0.459 e. The number of amides is 2. The molecule has 2 aromatic rings. The molecule has 0 radical (unpaired) electrons. The van der Waals surface area contributed by atoms with E-state index in [1.54, 1.807) is 36.4 Å². The topological polar surface area (TPSA) is 92.6 Å². The van der Waals surface area contributed by atoms with Crippen LogP contribution in [-0.2, 0) is 9.53 Å². The predicted molar refractivity (Wildman–Crippen MR) is 96.2 cm³/mol. The highest BCUT2D eigenvalue weighted by Crippen LogP contribution is 2.15. The number of benzene rings is 1. The van der Waals surface area contributed by atoms with Crippen molar-refractivity contribution in [2.24, 2.45) is 0 Å². The normalized spacial score (nSPS) is 16.6. The quantitative estimate of drug-likeness (QED) is 0.756. The Hall–Kier alpha value is -2.35. The molecule has 8 heteroatoms. The Bertz CT molecular complexity index is 682. The second-order valence-corrected chi connectivity index (χ2v) is 5.49. The highest BCUT2D eigenvalue weighted by Gasteiger charge is 2.17. The van der Waals surface area contributed by atoms with Gasteiger partial charge in [-0.2, -0.15) is 0 Å². The molecule has 1 unspecified atom stereocenters. The Kier molecular flexibility index (Phi) is 7.00. The standard InChI is InChI=1S/C17H19N3O4.ClH/c21-16(10-14-11-23-9-7-18-14)19-12-3-5-13(6-4-12)20-17(22)15-2-1-8-24-15;/h1-6,8,14,18H,7,9-11H2,(H,19,21)(H,20,22);1H. The van der Waals surface area contributed by atoms with Crippen LogP contribution in [0.25, 0.3) is 0 Å².